The molecular formula is C15H25N3O4S. The Morgan fingerprint density at radius 2 is 2.04 bits per heavy atom. The van der Waals surface area contributed by atoms with Crippen molar-refractivity contribution in [2.24, 2.45) is 11.1 Å². The molecule has 0 amide bonds. The van der Waals surface area contributed by atoms with E-state index in [4.69, 9.17) is 15.9 Å². The number of carboxylic acid groups (broad SMARTS) is 2. The lowest BCUT2D eigenvalue weighted by Gasteiger charge is -2.34. The van der Waals surface area contributed by atoms with Gasteiger partial charge in [0.15, 0.2) is 0 Å². The Morgan fingerprint density at radius 3 is 2.48 bits per heavy atom. The van der Waals surface area contributed by atoms with Crippen molar-refractivity contribution < 1.29 is 19.8 Å². The van der Waals surface area contributed by atoms with Crippen molar-refractivity contribution >= 4 is 29.1 Å². The Balaban J connectivity index is 0.000000231. The highest BCUT2D eigenvalue weighted by molar-refractivity contribution is 7.07. The Labute approximate surface area is 139 Å². The van der Waals surface area contributed by atoms with Crippen LogP contribution >= 0.6 is 11.3 Å². The highest BCUT2D eigenvalue weighted by atomic mass is 32.1. The van der Waals surface area contributed by atoms with Crippen LogP contribution < -0.4 is 11.1 Å². The van der Waals surface area contributed by atoms with Crippen LogP contribution in [0.1, 0.15) is 45.4 Å². The average molecular weight is 343 g/mol. The number of anilines is 1. The summed E-state index contributed by atoms with van der Waals surface area (Å²) in [7, 11) is 0. The van der Waals surface area contributed by atoms with E-state index in [1.807, 2.05) is 0 Å². The molecule has 1 aliphatic rings. The van der Waals surface area contributed by atoms with Crippen molar-refractivity contribution in [1.29, 1.82) is 0 Å². The summed E-state index contributed by atoms with van der Waals surface area (Å²) in [5.41, 5.74) is 7.19. The molecule has 23 heavy (non-hydrogen) atoms. The van der Waals surface area contributed by atoms with Crippen LogP contribution in [0.2, 0.25) is 0 Å². The molecule has 7 nitrogen and oxygen atoms in total. The molecule has 0 bridgehead atoms. The largest absolute Gasteiger partial charge is 0.481 e. The molecule has 2 rings (SSSR count). The van der Waals surface area contributed by atoms with Crippen molar-refractivity contribution in [1.82, 2.24) is 4.98 Å². The summed E-state index contributed by atoms with van der Waals surface area (Å²) < 4.78 is 0. The number of rotatable bonds is 6. The van der Waals surface area contributed by atoms with Gasteiger partial charge in [-0.3, -0.25) is 9.59 Å². The summed E-state index contributed by atoms with van der Waals surface area (Å²) in [6.07, 6.45) is 5.77. The average Bonchev–Trinajstić information content (AvgIpc) is 3.01. The maximum Gasteiger partial charge on any atom is 0.325 e. The molecule has 1 heterocycles. The van der Waals surface area contributed by atoms with Crippen LogP contribution in [0.3, 0.4) is 0 Å². The molecular weight excluding hydrogens is 318 g/mol. The van der Waals surface area contributed by atoms with Gasteiger partial charge in [-0.2, -0.15) is 0 Å². The molecule has 0 saturated heterocycles. The van der Waals surface area contributed by atoms with Crippen molar-refractivity contribution in [3.05, 3.63) is 10.9 Å². The van der Waals surface area contributed by atoms with Crippen LogP contribution in [-0.2, 0) is 9.59 Å². The minimum atomic E-state index is -0.877. The van der Waals surface area contributed by atoms with E-state index >= 15 is 0 Å². The highest BCUT2D eigenvalue weighted by Gasteiger charge is 2.32. The topological polar surface area (TPSA) is 126 Å². The molecule has 0 spiro atoms. The number of carbonyl (C=O) groups is 2. The normalized spacial score (nSPS) is 17.5. The smallest absolute Gasteiger partial charge is 0.325 e. The van der Waals surface area contributed by atoms with E-state index in [0.717, 1.165) is 25.7 Å². The minimum Gasteiger partial charge on any atom is -0.481 e. The predicted molar refractivity (Wildman–Crippen MR) is 89.7 cm³/mol. The number of aliphatic carboxylic acids is 2. The third-order valence-electron chi connectivity index (χ3n) is 4.04. The first kappa shape index (κ1) is 19.4. The second kappa shape index (κ2) is 9.46. The van der Waals surface area contributed by atoms with Gasteiger partial charge in [0.1, 0.15) is 11.9 Å². The number of aromatic nitrogens is 1. The fraction of sp³-hybridized carbons (Fsp3) is 0.667. The van der Waals surface area contributed by atoms with E-state index < -0.39 is 18.0 Å². The van der Waals surface area contributed by atoms with Gasteiger partial charge in [0.05, 0.1) is 11.9 Å². The molecule has 5 N–H and O–H groups in total. The molecule has 1 aromatic rings. The number of nitrogens with two attached hydrogens (primary N) is 1. The van der Waals surface area contributed by atoms with E-state index in [1.165, 1.54) is 17.8 Å². The van der Waals surface area contributed by atoms with Crippen LogP contribution in [0.4, 0.5) is 5.82 Å². The predicted octanol–water partition coefficient (Wildman–Crippen LogP) is 2.40. The van der Waals surface area contributed by atoms with Gasteiger partial charge in [-0.05, 0) is 31.7 Å². The number of thiazole rings is 1. The Morgan fingerprint density at radius 1 is 1.39 bits per heavy atom. The lowest BCUT2D eigenvalue weighted by Crippen LogP contribution is -2.34. The van der Waals surface area contributed by atoms with Gasteiger partial charge in [0.25, 0.3) is 0 Å². The molecule has 0 radical (unpaired) electrons. The summed E-state index contributed by atoms with van der Waals surface area (Å²) in [4.78, 5) is 24.8. The molecule has 1 saturated carbocycles. The SMILES string of the molecule is C[C@H](Nc1cscn1)C(=O)O.NCC1(CC(=O)O)CCCCC1. The standard InChI is InChI=1S/C9H17NO2.C6H8N2O2S/c10-7-9(6-8(11)12)4-2-1-3-5-9;1-4(6(9)10)8-5-2-11-3-7-5/h1-7,10H2,(H,11,12);2-4,8H,1H3,(H,9,10)/t;4-/m.0/s1. The first-order chi connectivity index (χ1) is 10.9. The van der Waals surface area contributed by atoms with Gasteiger partial charge in [-0.25, -0.2) is 4.98 Å². The second-order valence-electron chi connectivity index (χ2n) is 5.91. The number of nitrogens with zero attached hydrogens (tertiary/aromatic N) is 1. The Kier molecular flexibility index (Phi) is 7.97. The monoisotopic (exact) mass is 343 g/mol. The summed E-state index contributed by atoms with van der Waals surface area (Å²) in [6.45, 7) is 2.10. The fourth-order valence-electron chi connectivity index (χ4n) is 2.64. The summed E-state index contributed by atoms with van der Waals surface area (Å²) in [5, 5.41) is 21.7. The zero-order valence-electron chi connectivity index (χ0n) is 13.3. The maximum atomic E-state index is 10.6. The third kappa shape index (κ3) is 6.96. The van der Waals surface area contributed by atoms with Gasteiger partial charge in [-0.1, -0.05) is 19.3 Å². The van der Waals surface area contributed by atoms with Crippen LogP contribution in [-0.4, -0.2) is 39.7 Å². The second-order valence-corrected chi connectivity index (χ2v) is 6.63. The zero-order chi connectivity index (χ0) is 17.3. The first-order valence-electron chi connectivity index (χ1n) is 7.68. The van der Waals surface area contributed by atoms with Crippen molar-refractivity contribution in [3.8, 4) is 0 Å². The van der Waals surface area contributed by atoms with E-state index in [9.17, 15) is 9.59 Å². The zero-order valence-corrected chi connectivity index (χ0v) is 14.1. The maximum absolute atomic E-state index is 10.6. The molecule has 1 atom stereocenters. The molecule has 0 unspecified atom stereocenters. The Bertz CT molecular complexity index is 487. The van der Waals surface area contributed by atoms with Crippen molar-refractivity contribution in [3.63, 3.8) is 0 Å². The van der Waals surface area contributed by atoms with Crippen LogP contribution in [0, 0.1) is 5.41 Å². The first-order valence-corrected chi connectivity index (χ1v) is 8.62. The number of hydrogen-bond donors (Lipinski definition) is 4. The van der Waals surface area contributed by atoms with Gasteiger partial charge in [-0.15, -0.1) is 11.3 Å². The highest BCUT2D eigenvalue weighted by Crippen LogP contribution is 2.38. The molecule has 1 aromatic heterocycles. The number of nitrogens with one attached hydrogen (secondary N) is 1. The molecule has 0 aromatic carbocycles. The van der Waals surface area contributed by atoms with E-state index in [0.29, 0.717) is 12.4 Å². The lowest BCUT2D eigenvalue weighted by atomic mass is 9.72. The summed E-state index contributed by atoms with van der Waals surface area (Å²) in [5.74, 6) is -0.967. The van der Waals surface area contributed by atoms with Gasteiger partial charge >= 0.3 is 11.9 Å². The lowest BCUT2D eigenvalue weighted by molar-refractivity contribution is -0.140. The molecule has 130 valence electrons. The van der Waals surface area contributed by atoms with E-state index in [1.54, 1.807) is 17.8 Å². The van der Waals surface area contributed by atoms with Crippen molar-refractivity contribution in [2.75, 3.05) is 11.9 Å². The van der Waals surface area contributed by atoms with Crippen LogP contribution in [0.15, 0.2) is 10.9 Å². The molecule has 1 fully saturated rings. The van der Waals surface area contributed by atoms with E-state index in [-0.39, 0.29) is 11.8 Å². The van der Waals surface area contributed by atoms with E-state index in [2.05, 4.69) is 10.3 Å². The van der Waals surface area contributed by atoms with Gasteiger partial charge in [0.2, 0.25) is 0 Å². The Hall–Kier alpha value is -1.67. The van der Waals surface area contributed by atoms with Gasteiger partial charge < -0.3 is 21.3 Å². The van der Waals surface area contributed by atoms with Gasteiger partial charge in [0, 0.05) is 5.38 Å². The minimum absolute atomic E-state index is 0.0793. The van der Waals surface area contributed by atoms with Crippen molar-refractivity contribution in [2.45, 2.75) is 51.5 Å². The molecule has 8 heteroatoms. The quantitative estimate of drug-likeness (QED) is 0.625. The molecule has 1 aliphatic carbocycles. The van der Waals surface area contributed by atoms with Crippen LogP contribution in [0.25, 0.3) is 0 Å². The summed E-state index contributed by atoms with van der Waals surface area (Å²) >= 11 is 1.43. The number of carboxylic acids is 2. The number of hydrogen-bond acceptors (Lipinski definition) is 6. The van der Waals surface area contributed by atoms with Crippen LogP contribution in [0.5, 0.6) is 0 Å². The molecule has 0 aliphatic heterocycles. The third-order valence-corrected chi connectivity index (χ3v) is 4.63. The fourth-order valence-corrected chi connectivity index (χ4v) is 3.14. The summed E-state index contributed by atoms with van der Waals surface area (Å²) in [6, 6.07) is -0.586.